The normalized spacial score (nSPS) is 14.0. The Morgan fingerprint density at radius 2 is 1.66 bits per heavy atom. The monoisotopic (exact) mass is 630 g/mol. The second-order valence-corrected chi connectivity index (χ2v) is 9.70. The highest BCUT2D eigenvalue weighted by Gasteiger charge is 2.27. The lowest BCUT2D eigenvalue weighted by molar-refractivity contribution is -0.759. The lowest BCUT2D eigenvalue weighted by Gasteiger charge is -2.17. The maximum absolute atomic E-state index is 13.6. The number of unbranched alkanes of at least 4 members (excludes halogenated alkanes) is 1. The Labute approximate surface area is 254 Å². The summed E-state index contributed by atoms with van der Waals surface area (Å²) < 4.78 is 42.0. The zero-order valence-corrected chi connectivity index (χ0v) is 24.7. The van der Waals surface area contributed by atoms with Crippen molar-refractivity contribution in [2.45, 2.75) is 76.7 Å². The molecule has 1 aliphatic rings. The third kappa shape index (κ3) is 20.6. The first-order valence-corrected chi connectivity index (χ1v) is 14.3. The van der Waals surface area contributed by atoms with Crippen molar-refractivity contribution in [3.05, 3.63) is 74.9 Å². The number of carbonyl (C=O) groups excluding carboxylic acids is 2. The lowest BCUT2D eigenvalue weighted by atomic mass is 10.1. The molecule has 13 nitrogen and oxygen atoms in total. The van der Waals surface area contributed by atoms with Gasteiger partial charge in [0.1, 0.15) is 19.0 Å². The van der Waals surface area contributed by atoms with Crippen LogP contribution in [0.4, 0.5) is 8.78 Å². The minimum atomic E-state index is -2.89. The number of hydrogen-bond acceptors (Lipinski definition) is 11. The molecule has 1 unspecified atom stereocenters. The molecule has 246 valence electrons. The van der Waals surface area contributed by atoms with E-state index in [4.69, 9.17) is 14.2 Å². The summed E-state index contributed by atoms with van der Waals surface area (Å²) in [6.45, 7) is -0.0286. The van der Waals surface area contributed by atoms with Crippen LogP contribution in [0.25, 0.3) is 0 Å². The highest BCUT2D eigenvalue weighted by Crippen LogP contribution is 2.28. The molecule has 1 aliphatic carbocycles. The molecule has 0 aliphatic heterocycles. The molecule has 0 aromatic heterocycles. The zero-order chi connectivity index (χ0) is 32.6. The molecule has 0 saturated heterocycles. The number of nitrogens with zero attached hydrogens (tertiary/aromatic N) is 2. The Bertz CT molecular complexity index is 1050. The second-order valence-electron chi connectivity index (χ2n) is 9.70. The largest absolute Gasteiger partial charge is 0.487 e. The van der Waals surface area contributed by atoms with Gasteiger partial charge in [0.2, 0.25) is 0 Å². The van der Waals surface area contributed by atoms with Gasteiger partial charge in [0.05, 0.1) is 6.61 Å². The summed E-state index contributed by atoms with van der Waals surface area (Å²) in [6, 6.07) is 8.71. The standard InChI is InChI=1S/C15H18F2O.C14H22N2O10/c16-15(17,11-10-13-6-4-5-7-13)12-18-14-8-2-1-3-9-14;1-2-3-4-5-7-13(17)23-10-12(11-25-16(21)22)26-14(18)8-6-9-24-15(19)20/h1-3,8-11,13H,4-7,12H2;2-3,12H,4-11H2,1H3/b11-10+;3-2-. The van der Waals surface area contributed by atoms with E-state index in [2.05, 4.69) is 9.68 Å². The van der Waals surface area contributed by atoms with E-state index in [1.165, 1.54) is 0 Å². The predicted molar refractivity (Wildman–Crippen MR) is 153 cm³/mol. The summed E-state index contributed by atoms with van der Waals surface area (Å²) in [7, 11) is 0. The van der Waals surface area contributed by atoms with E-state index in [9.17, 15) is 38.6 Å². The van der Waals surface area contributed by atoms with Crippen LogP contribution in [0.1, 0.15) is 64.7 Å². The Hall–Kier alpha value is -4.30. The van der Waals surface area contributed by atoms with Crippen LogP contribution in [0.5, 0.6) is 5.75 Å². The molecule has 0 heterocycles. The van der Waals surface area contributed by atoms with Gasteiger partial charge in [-0.2, -0.15) is 8.78 Å². The third-order valence-electron chi connectivity index (χ3n) is 5.99. The van der Waals surface area contributed by atoms with Gasteiger partial charge < -0.3 is 23.9 Å². The van der Waals surface area contributed by atoms with Crippen molar-refractivity contribution < 1.29 is 52.4 Å². The fourth-order valence-electron chi connectivity index (χ4n) is 3.82. The first-order valence-electron chi connectivity index (χ1n) is 14.3. The van der Waals surface area contributed by atoms with Crippen molar-refractivity contribution in [2.75, 3.05) is 26.4 Å². The number of esters is 2. The van der Waals surface area contributed by atoms with Crippen LogP contribution in [-0.4, -0.2) is 60.6 Å². The number of allylic oxidation sites excluding steroid dienone is 3. The molecule has 44 heavy (non-hydrogen) atoms. The Kier molecular flexibility index (Phi) is 19.1. The van der Waals surface area contributed by atoms with E-state index >= 15 is 0 Å². The topological polar surface area (TPSA) is 167 Å². The molecule has 1 atom stereocenters. The van der Waals surface area contributed by atoms with Gasteiger partial charge in [0, 0.05) is 12.8 Å². The maximum Gasteiger partial charge on any atom is 0.306 e. The van der Waals surface area contributed by atoms with Crippen LogP contribution >= 0.6 is 0 Å². The number of halogens is 2. The number of benzene rings is 1. The molecule has 1 fully saturated rings. The molecule has 0 bridgehead atoms. The van der Waals surface area contributed by atoms with Crippen molar-refractivity contribution in [2.24, 2.45) is 5.92 Å². The van der Waals surface area contributed by atoms with Crippen LogP contribution < -0.4 is 4.74 Å². The molecule has 0 spiro atoms. The van der Waals surface area contributed by atoms with E-state index < -0.39 is 54.0 Å². The first-order chi connectivity index (χ1) is 21.0. The van der Waals surface area contributed by atoms with Crippen molar-refractivity contribution in [1.82, 2.24) is 0 Å². The first kappa shape index (κ1) is 37.7. The number of ether oxygens (including phenoxy) is 3. The molecule has 0 N–H and O–H groups in total. The van der Waals surface area contributed by atoms with Gasteiger partial charge in [-0.1, -0.05) is 49.3 Å². The van der Waals surface area contributed by atoms with Gasteiger partial charge >= 0.3 is 11.9 Å². The lowest BCUT2D eigenvalue weighted by Crippen LogP contribution is -2.30. The van der Waals surface area contributed by atoms with E-state index in [0.717, 1.165) is 31.8 Å². The predicted octanol–water partition coefficient (Wildman–Crippen LogP) is 5.83. The SMILES string of the molecule is C/C=C\CCCC(=O)OCC(CO[N+](=O)[O-])OC(=O)CCCO[N+](=O)[O-].FC(F)(/C=C/C1CCCC1)COc1ccccc1. The smallest absolute Gasteiger partial charge is 0.306 e. The molecule has 0 amide bonds. The maximum atomic E-state index is 13.6. The van der Waals surface area contributed by atoms with Crippen molar-refractivity contribution in [3.63, 3.8) is 0 Å². The van der Waals surface area contributed by atoms with Crippen LogP contribution in [-0.2, 0) is 28.7 Å². The summed E-state index contributed by atoms with van der Waals surface area (Å²) >= 11 is 0. The Balaban J connectivity index is 0.000000466. The zero-order valence-electron chi connectivity index (χ0n) is 24.7. The molecule has 1 aromatic carbocycles. The average Bonchev–Trinajstić information content (AvgIpc) is 3.52. The van der Waals surface area contributed by atoms with E-state index in [1.54, 1.807) is 30.3 Å². The van der Waals surface area contributed by atoms with Crippen LogP contribution in [0.2, 0.25) is 0 Å². The van der Waals surface area contributed by atoms with Gasteiger partial charge in [-0.05, 0) is 63.2 Å². The Morgan fingerprint density at radius 3 is 2.30 bits per heavy atom. The van der Waals surface area contributed by atoms with E-state index in [0.29, 0.717) is 24.5 Å². The Morgan fingerprint density at radius 1 is 1.00 bits per heavy atom. The molecular weight excluding hydrogens is 590 g/mol. The summed E-state index contributed by atoms with van der Waals surface area (Å²) in [4.78, 5) is 51.6. The molecule has 1 saturated carbocycles. The van der Waals surface area contributed by atoms with Gasteiger partial charge in [0.25, 0.3) is 16.1 Å². The van der Waals surface area contributed by atoms with Crippen LogP contribution in [0.3, 0.4) is 0 Å². The quantitative estimate of drug-likeness (QED) is 0.0559. The minimum absolute atomic E-state index is 0.0212. The van der Waals surface area contributed by atoms with Crippen molar-refractivity contribution in [3.8, 4) is 5.75 Å². The van der Waals surface area contributed by atoms with Gasteiger partial charge in [0.15, 0.2) is 12.7 Å². The molecule has 2 rings (SSSR count). The molecular formula is C29H40F2N2O11. The van der Waals surface area contributed by atoms with Gasteiger partial charge in [-0.3, -0.25) is 9.59 Å². The van der Waals surface area contributed by atoms with Gasteiger partial charge in [-0.15, -0.1) is 20.2 Å². The number of rotatable bonds is 20. The second kappa shape index (κ2) is 22.3. The molecule has 0 radical (unpaired) electrons. The van der Waals surface area contributed by atoms with Gasteiger partial charge in [-0.25, -0.2) is 0 Å². The van der Waals surface area contributed by atoms with E-state index in [-0.39, 0.29) is 25.9 Å². The third-order valence-corrected chi connectivity index (χ3v) is 5.99. The summed E-state index contributed by atoms with van der Waals surface area (Å²) in [6.07, 6.45) is 10.9. The number of carbonyl (C=O) groups is 2. The highest BCUT2D eigenvalue weighted by molar-refractivity contribution is 5.70. The fourth-order valence-corrected chi connectivity index (χ4v) is 3.82. The summed E-state index contributed by atoms with van der Waals surface area (Å²) in [5.41, 5.74) is 0. The highest BCUT2D eigenvalue weighted by atomic mass is 19.3. The van der Waals surface area contributed by atoms with Crippen molar-refractivity contribution in [1.29, 1.82) is 0 Å². The molecule has 1 aromatic rings. The van der Waals surface area contributed by atoms with Crippen LogP contribution in [0.15, 0.2) is 54.6 Å². The average molecular weight is 631 g/mol. The number of hydrogen-bond donors (Lipinski definition) is 0. The van der Waals surface area contributed by atoms with Crippen LogP contribution in [0, 0.1) is 26.1 Å². The van der Waals surface area contributed by atoms with E-state index in [1.807, 2.05) is 25.1 Å². The summed E-state index contributed by atoms with van der Waals surface area (Å²) in [5, 5.41) is 18.2. The minimum Gasteiger partial charge on any atom is -0.487 e. The fraction of sp³-hybridized carbons (Fsp3) is 0.586. The number of alkyl halides is 2. The summed E-state index contributed by atoms with van der Waals surface area (Å²) in [5.74, 6) is -3.40. The van der Waals surface area contributed by atoms with Crippen molar-refractivity contribution >= 4 is 11.9 Å². The number of para-hydroxylation sites is 1. The molecule has 15 heteroatoms.